The van der Waals surface area contributed by atoms with Crippen LogP contribution in [0.2, 0.25) is 0 Å². The number of aliphatic carboxylic acids is 1. The first-order chi connectivity index (χ1) is 20.9. The third-order valence-corrected chi connectivity index (χ3v) is 8.65. The molecule has 0 bridgehead atoms. The third-order valence-electron chi connectivity index (χ3n) is 7.38. The van der Waals surface area contributed by atoms with Gasteiger partial charge in [0, 0.05) is 57.2 Å². The second-order valence-corrected chi connectivity index (χ2v) is 14.4. The molecule has 0 saturated carbocycles. The van der Waals surface area contributed by atoms with Crippen molar-refractivity contribution in [2.75, 3.05) is 7.11 Å². The first kappa shape index (κ1) is 31.1. The highest BCUT2D eigenvalue weighted by Crippen LogP contribution is 2.44. The zero-order valence-corrected chi connectivity index (χ0v) is 26.9. The average molecular weight is 610 g/mol. The number of aromatic nitrogens is 3. The molecule has 0 aliphatic heterocycles. The molecule has 0 unspecified atom stereocenters. The molecule has 8 heteroatoms. The molecule has 0 aliphatic carbocycles. The first-order valence-corrected chi connectivity index (χ1v) is 15.4. The lowest BCUT2D eigenvalue weighted by Gasteiger charge is -2.24. The van der Waals surface area contributed by atoms with Crippen molar-refractivity contribution in [1.29, 1.82) is 0 Å². The van der Waals surface area contributed by atoms with Crippen molar-refractivity contribution in [2.24, 2.45) is 5.41 Å². The molecule has 7 nitrogen and oxygen atoms in total. The van der Waals surface area contributed by atoms with Gasteiger partial charge in [-0.3, -0.25) is 14.8 Å². The molecule has 0 amide bonds. The monoisotopic (exact) mass is 609 g/mol. The number of benzene rings is 2. The number of pyridine rings is 2. The molecule has 3 aromatic heterocycles. The van der Waals surface area contributed by atoms with Gasteiger partial charge in [-0.05, 0) is 61.4 Å². The van der Waals surface area contributed by atoms with Crippen LogP contribution in [0.15, 0.2) is 90.2 Å². The van der Waals surface area contributed by atoms with Gasteiger partial charge in [-0.15, -0.1) is 11.8 Å². The highest BCUT2D eigenvalue weighted by molar-refractivity contribution is 8.00. The van der Waals surface area contributed by atoms with Crippen molar-refractivity contribution in [3.8, 4) is 22.6 Å². The third kappa shape index (κ3) is 7.25. The van der Waals surface area contributed by atoms with Gasteiger partial charge in [0.15, 0.2) is 0 Å². The lowest BCUT2D eigenvalue weighted by Crippen LogP contribution is -2.28. The number of carboxylic acid groups (broad SMARTS) is 1. The van der Waals surface area contributed by atoms with Gasteiger partial charge in [-0.1, -0.05) is 51.1 Å². The maximum Gasteiger partial charge on any atom is 0.309 e. The molecule has 5 rings (SSSR count). The number of thioether (sulfide) groups is 1. The average Bonchev–Trinajstić information content (AvgIpc) is 3.26. The predicted molar refractivity (Wildman–Crippen MR) is 177 cm³/mol. The minimum Gasteiger partial charge on any atom is -0.495 e. The van der Waals surface area contributed by atoms with Gasteiger partial charge in [-0.25, -0.2) is 0 Å². The topological polar surface area (TPSA) is 86.5 Å². The Labute approximate surface area is 263 Å². The normalized spacial score (nSPS) is 12.0. The van der Waals surface area contributed by atoms with Crippen molar-refractivity contribution in [2.45, 2.75) is 63.8 Å². The van der Waals surface area contributed by atoms with Crippen molar-refractivity contribution in [3.63, 3.8) is 0 Å². The molecule has 5 aromatic rings. The Morgan fingerprint density at radius 3 is 2.36 bits per heavy atom. The maximum absolute atomic E-state index is 12.3. The molecular weight excluding hydrogens is 570 g/mol. The van der Waals surface area contributed by atoms with Crippen molar-refractivity contribution in [1.82, 2.24) is 14.5 Å². The fourth-order valence-corrected chi connectivity index (χ4v) is 6.22. The first-order valence-electron chi connectivity index (χ1n) is 14.6. The highest BCUT2D eigenvalue weighted by Gasteiger charge is 2.33. The summed E-state index contributed by atoms with van der Waals surface area (Å²) in [5.41, 5.74) is 5.08. The Kier molecular flexibility index (Phi) is 9.02. The minimum atomic E-state index is -0.957. The molecule has 0 aliphatic rings. The van der Waals surface area contributed by atoms with Crippen molar-refractivity contribution < 1.29 is 19.4 Å². The van der Waals surface area contributed by atoms with Gasteiger partial charge in [0.05, 0.1) is 24.4 Å². The number of rotatable bonds is 11. The van der Waals surface area contributed by atoms with Crippen LogP contribution in [-0.4, -0.2) is 37.5 Å². The zero-order chi connectivity index (χ0) is 31.5. The van der Waals surface area contributed by atoms with Crippen LogP contribution in [0.4, 0.5) is 0 Å². The van der Waals surface area contributed by atoms with E-state index in [4.69, 9.17) is 9.47 Å². The van der Waals surface area contributed by atoms with Gasteiger partial charge in [-0.2, -0.15) is 0 Å². The smallest absolute Gasteiger partial charge is 0.309 e. The zero-order valence-electron chi connectivity index (χ0n) is 26.1. The Morgan fingerprint density at radius 2 is 1.70 bits per heavy atom. The number of ether oxygens (including phenoxy) is 2. The number of methoxy groups -OCH3 is 1. The molecule has 0 radical (unpaired) electrons. The van der Waals surface area contributed by atoms with Crippen molar-refractivity contribution >= 4 is 28.6 Å². The molecule has 44 heavy (non-hydrogen) atoms. The molecule has 0 atom stereocenters. The minimum absolute atomic E-state index is 0.0987. The summed E-state index contributed by atoms with van der Waals surface area (Å²) in [6.07, 6.45) is 5.66. The lowest BCUT2D eigenvalue weighted by atomic mass is 9.88. The largest absolute Gasteiger partial charge is 0.495 e. The number of fused-ring (bicyclic) bond motifs is 1. The molecule has 0 fully saturated rings. The van der Waals surface area contributed by atoms with E-state index in [1.807, 2.05) is 36.5 Å². The summed E-state index contributed by atoms with van der Waals surface area (Å²) in [6, 6.07) is 22.3. The Balaban J connectivity index is 1.58. The summed E-state index contributed by atoms with van der Waals surface area (Å²) in [5.74, 6) is 0.636. The summed E-state index contributed by atoms with van der Waals surface area (Å²) in [7, 11) is 1.64. The van der Waals surface area contributed by atoms with Crippen LogP contribution in [0.5, 0.6) is 11.5 Å². The van der Waals surface area contributed by atoms with Gasteiger partial charge in [0.1, 0.15) is 18.1 Å². The van der Waals surface area contributed by atoms with Crippen LogP contribution in [-0.2, 0) is 24.4 Å². The van der Waals surface area contributed by atoms with Crippen LogP contribution >= 0.6 is 11.8 Å². The van der Waals surface area contributed by atoms with E-state index in [1.165, 1.54) is 0 Å². The quantitative estimate of drug-likeness (QED) is 0.151. The standard InChI is InChI=1S/C36H39N3O4S/c1-35(2,3)44-33-30-18-28(43-23-27-9-7-8-16-38-27)14-15-31(30)39(32(33)19-36(4,5)34(40)41)22-24-10-12-25(13-11-24)26-17-29(42-6)21-37-20-26/h7-18,20-21H,19,22-23H2,1-6H3,(H,40,41). The molecule has 0 spiro atoms. The van der Waals surface area contributed by atoms with E-state index in [2.05, 4.69) is 71.7 Å². The summed E-state index contributed by atoms with van der Waals surface area (Å²) in [6.45, 7) is 11.1. The summed E-state index contributed by atoms with van der Waals surface area (Å²) >= 11 is 1.77. The van der Waals surface area contributed by atoms with Gasteiger partial charge in [0.2, 0.25) is 0 Å². The van der Waals surface area contributed by atoms with E-state index < -0.39 is 11.4 Å². The van der Waals surface area contributed by atoms with E-state index in [0.29, 0.717) is 25.3 Å². The Bertz CT molecular complexity index is 1760. The van der Waals surface area contributed by atoms with Crippen LogP contribution in [0.25, 0.3) is 22.0 Å². The second-order valence-electron chi connectivity index (χ2n) is 12.5. The molecular formula is C36H39N3O4S. The SMILES string of the molecule is COc1cncc(-c2ccc(Cn3c(CC(C)(C)C(=O)O)c(SC(C)(C)C)c4cc(OCc5ccccn5)ccc43)cc2)c1. The lowest BCUT2D eigenvalue weighted by molar-refractivity contribution is -0.146. The summed E-state index contributed by atoms with van der Waals surface area (Å²) in [4.78, 5) is 22.1. The van der Waals surface area contributed by atoms with Crippen LogP contribution < -0.4 is 9.47 Å². The fraction of sp³-hybridized carbons (Fsp3) is 0.306. The van der Waals surface area contributed by atoms with Gasteiger partial charge >= 0.3 is 5.97 Å². The number of carboxylic acids is 1. The number of nitrogens with zero attached hydrogens (tertiary/aromatic N) is 3. The maximum atomic E-state index is 12.3. The number of hydrogen-bond acceptors (Lipinski definition) is 6. The predicted octanol–water partition coefficient (Wildman–Crippen LogP) is 8.28. The van der Waals surface area contributed by atoms with Crippen LogP contribution in [0, 0.1) is 5.41 Å². The van der Waals surface area contributed by atoms with Crippen LogP contribution in [0.1, 0.15) is 51.6 Å². The molecule has 1 N–H and O–H groups in total. The molecule has 2 aromatic carbocycles. The summed E-state index contributed by atoms with van der Waals surface area (Å²) in [5, 5.41) is 11.2. The van der Waals surface area contributed by atoms with Crippen LogP contribution in [0.3, 0.4) is 0 Å². The second kappa shape index (κ2) is 12.7. The van der Waals surface area contributed by atoms with Gasteiger partial charge in [0.25, 0.3) is 0 Å². The van der Waals surface area contributed by atoms with Gasteiger partial charge < -0.3 is 19.1 Å². The number of hydrogen-bond donors (Lipinski definition) is 1. The number of carbonyl (C=O) groups is 1. The molecule has 228 valence electrons. The van der Waals surface area contributed by atoms with E-state index in [9.17, 15) is 9.90 Å². The van der Waals surface area contributed by atoms with Crippen molar-refractivity contribution in [3.05, 3.63) is 102 Å². The molecule has 3 heterocycles. The fourth-order valence-electron chi connectivity index (χ4n) is 5.03. The molecule has 0 saturated heterocycles. The van der Waals surface area contributed by atoms with E-state index in [0.717, 1.165) is 49.6 Å². The summed E-state index contributed by atoms with van der Waals surface area (Å²) < 4.78 is 13.7. The Hall–Kier alpha value is -4.30. The van der Waals surface area contributed by atoms with E-state index in [-0.39, 0.29) is 4.75 Å². The van der Waals surface area contributed by atoms with E-state index in [1.54, 1.807) is 45.1 Å². The highest BCUT2D eigenvalue weighted by atomic mass is 32.2. The Morgan fingerprint density at radius 1 is 0.932 bits per heavy atom. The van der Waals surface area contributed by atoms with E-state index >= 15 is 0 Å².